The van der Waals surface area contributed by atoms with E-state index in [2.05, 4.69) is 46.1 Å². The average Bonchev–Trinajstić information content (AvgIpc) is 2.60. The second-order valence-electron chi connectivity index (χ2n) is 4.58. The number of hydrogen-bond donors (Lipinski definition) is 1. The lowest BCUT2D eigenvalue weighted by atomic mass is 10.3. The molecule has 0 aliphatic rings. The number of fused-ring (bicyclic) bond motifs is 1. The number of aromatic amines is 1. The quantitative estimate of drug-likeness (QED) is 0.443. The maximum absolute atomic E-state index is 5.83. The molecule has 0 unspecified atom stereocenters. The van der Waals surface area contributed by atoms with Crippen LogP contribution in [0, 0.1) is 11.5 Å². The van der Waals surface area contributed by atoms with Crippen LogP contribution in [-0.2, 0) is 0 Å². The number of aromatic nitrogens is 3. The van der Waals surface area contributed by atoms with Gasteiger partial charge in [0.25, 0.3) is 0 Å². The van der Waals surface area contributed by atoms with Crippen LogP contribution in [0.3, 0.4) is 0 Å². The van der Waals surface area contributed by atoms with Crippen molar-refractivity contribution in [3.8, 4) is 11.5 Å². The summed E-state index contributed by atoms with van der Waals surface area (Å²) in [6, 6.07) is 1.92. The van der Waals surface area contributed by atoms with Gasteiger partial charge < -0.3 is 4.98 Å². The number of nitrogens with zero attached hydrogens (tertiary/aromatic N) is 2. The highest BCUT2D eigenvalue weighted by atomic mass is 35.5. The Kier molecular flexibility index (Phi) is 2.74. The minimum absolute atomic E-state index is 0.231. The van der Waals surface area contributed by atoms with Gasteiger partial charge in [0, 0.05) is 6.20 Å². The van der Waals surface area contributed by atoms with Crippen molar-refractivity contribution in [2.75, 3.05) is 0 Å². The molecule has 16 heavy (non-hydrogen) atoms. The largest absolute Gasteiger partial charge is 0.346 e. The van der Waals surface area contributed by atoms with Crippen LogP contribution < -0.4 is 0 Å². The molecule has 0 bridgehead atoms. The summed E-state index contributed by atoms with van der Waals surface area (Å²) in [5.41, 5.74) is 4.72. The van der Waals surface area contributed by atoms with Gasteiger partial charge in [0.2, 0.25) is 5.28 Å². The van der Waals surface area contributed by atoms with Crippen LogP contribution in [-0.4, -0.2) is 23.0 Å². The molecule has 1 N–H and O–H groups in total. The minimum atomic E-state index is -1.40. The third kappa shape index (κ3) is 2.43. The summed E-state index contributed by atoms with van der Waals surface area (Å²) in [6.07, 6.45) is 1.81. The van der Waals surface area contributed by atoms with E-state index in [-0.39, 0.29) is 5.28 Å². The first kappa shape index (κ1) is 11.2. The van der Waals surface area contributed by atoms with Crippen LogP contribution in [0.25, 0.3) is 11.0 Å². The zero-order valence-corrected chi connectivity index (χ0v) is 11.2. The maximum atomic E-state index is 5.83. The molecule has 0 saturated heterocycles. The third-order valence-corrected chi connectivity index (χ3v) is 2.99. The molecule has 0 amide bonds. The summed E-state index contributed by atoms with van der Waals surface area (Å²) >= 11 is 5.83. The van der Waals surface area contributed by atoms with Crippen molar-refractivity contribution in [1.82, 2.24) is 15.0 Å². The van der Waals surface area contributed by atoms with E-state index < -0.39 is 8.07 Å². The van der Waals surface area contributed by atoms with Gasteiger partial charge in [-0.2, -0.15) is 4.98 Å². The van der Waals surface area contributed by atoms with Crippen molar-refractivity contribution in [3.63, 3.8) is 0 Å². The van der Waals surface area contributed by atoms with E-state index in [4.69, 9.17) is 11.6 Å². The highest BCUT2D eigenvalue weighted by molar-refractivity contribution is 6.83. The molecule has 2 aromatic heterocycles. The van der Waals surface area contributed by atoms with E-state index in [1.807, 2.05) is 12.3 Å². The highest BCUT2D eigenvalue weighted by Gasteiger charge is 2.09. The van der Waals surface area contributed by atoms with Gasteiger partial charge in [0.1, 0.15) is 19.4 Å². The van der Waals surface area contributed by atoms with Gasteiger partial charge in [0.05, 0.1) is 5.39 Å². The lowest BCUT2D eigenvalue weighted by Gasteiger charge is -2.03. The molecule has 5 heteroatoms. The zero-order chi connectivity index (χ0) is 11.8. The van der Waals surface area contributed by atoms with Gasteiger partial charge in [-0.15, -0.1) is 5.54 Å². The predicted octanol–water partition coefficient (Wildman–Crippen LogP) is 2.84. The molecular weight excluding hydrogens is 238 g/mol. The topological polar surface area (TPSA) is 41.6 Å². The molecular formula is C11H12ClN3Si. The standard InChI is InChI=1S/C11H12ClN3Si/c1-16(2,3)7-5-9-8-4-6-13-10(8)15-11(12)14-9/h4,6H,1-3H3,(H,13,14,15). The fourth-order valence-electron chi connectivity index (χ4n) is 1.26. The Morgan fingerprint density at radius 1 is 1.31 bits per heavy atom. The SMILES string of the molecule is C[Si](C)(C)C#Cc1nc(Cl)nc2[nH]ccc12. The van der Waals surface area contributed by atoms with E-state index in [1.165, 1.54) is 0 Å². The fourth-order valence-corrected chi connectivity index (χ4v) is 1.92. The molecule has 0 aromatic carbocycles. The molecule has 0 spiro atoms. The van der Waals surface area contributed by atoms with E-state index in [0.29, 0.717) is 5.69 Å². The molecule has 2 heterocycles. The summed E-state index contributed by atoms with van der Waals surface area (Å²) in [5.74, 6) is 3.11. The van der Waals surface area contributed by atoms with Gasteiger partial charge in [0.15, 0.2) is 0 Å². The van der Waals surface area contributed by atoms with E-state index in [1.54, 1.807) is 0 Å². The van der Waals surface area contributed by atoms with Crippen molar-refractivity contribution in [2.45, 2.75) is 19.6 Å². The summed E-state index contributed by atoms with van der Waals surface area (Å²) in [4.78, 5) is 11.2. The second kappa shape index (κ2) is 3.93. The minimum Gasteiger partial charge on any atom is -0.346 e. The lowest BCUT2D eigenvalue weighted by molar-refractivity contribution is 1.18. The Labute approximate surface area is 100 Å². The highest BCUT2D eigenvalue weighted by Crippen LogP contribution is 2.15. The summed E-state index contributed by atoms with van der Waals surface area (Å²) in [6.45, 7) is 6.57. The van der Waals surface area contributed by atoms with E-state index in [9.17, 15) is 0 Å². The van der Waals surface area contributed by atoms with Crippen molar-refractivity contribution in [3.05, 3.63) is 23.2 Å². The Hall–Kier alpha value is -1.31. The third-order valence-electron chi connectivity index (χ3n) is 1.94. The average molecular weight is 250 g/mol. The Bertz CT molecular complexity index is 587. The second-order valence-corrected chi connectivity index (χ2v) is 9.67. The van der Waals surface area contributed by atoms with Crippen molar-refractivity contribution in [2.24, 2.45) is 0 Å². The molecule has 0 saturated carbocycles. The molecule has 0 fully saturated rings. The molecule has 2 aromatic rings. The fraction of sp³-hybridized carbons (Fsp3) is 0.273. The van der Waals surface area contributed by atoms with E-state index >= 15 is 0 Å². The number of H-pyrrole nitrogens is 1. The van der Waals surface area contributed by atoms with Gasteiger partial charge in [-0.05, 0) is 17.7 Å². The van der Waals surface area contributed by atoms with E-state index in [0.717, 1.165) is 11.0 Å². The monoisotopic (exact) mass is 249 g/mol. The van der Waals surface area contributed by atoms with Crippen molar-refractivity contribution < 1.29 is 0 Å². The van der Waals surface area contributed by atoms with Crippen LogP contribution in [0.2, 0.25) is 24.9 Å². The van der Waals surface area contributed by atoms with Crippen LogP contribution in [0.4, 0.5) is 0 Å². The molecule has 0 aliphatic heterocycles. The first-order valence-electron chi connectivity index (χ1n) is 4.99. The molecule has 3 nitrogen and oxygen atoms in total. The lowest BCUT2D eigenvalue weighted by Crippen LogP contribution is -2.16. The van der Waals surface area contributed by atoms with Gasteiger partial charge in [-0.3, -0.25) is 0 Å². The van der Waals surface area contributed by atoms with Gasteiger partial charge in [-0.25, -0.2) is 4.98 Å². The smallest absolute Gasteiger partial charge is 0.225 e. The first-order chi connectivity index (χ1) is 7.46. The zero-order valence-electron chi connectivity index (χ0n) is 9.43. The van der Waals surface area contributed by atoms with Crippen LogP contribution in [0.1, 0.15) is 5.69 Å². The summed E-state index contributed by atoms with van der Waals surface area (Å²) in [7, 11) is -1.40. The Morgan fingerprint density at radius 2 is 2.06 bits per heavy atom. The van der Waals surface area contributed by atoms with Gasteiger partial charge >= 0.3 is 0 Å². The van der Waals surface area contributed by atoms with Crippen LogP contribution in [0.15, 0.2) is 12.3 Å². The van der Waals surface area contributed by atoms with Crippen molar-refractivity contribution in [1.29, 1.82) is 0 Å². The number of rotatable bonds is 0. The molecule has 82 valence electrons. The van der Waals surface area contributed by atoms with Crippen molar-refractivity contribution >= 4 is 30.7 Å². The van der Waals surface area contributed by atoms with Gasteiger partial charge in [-0.1, -0.05) is 25.6 Å². The predicted molar refractivity (Wildman–Crippen MR) is 69.1 cm³/mol. The molecule has 0 radical (unpaired) electrons. The Morgan fingerprint density at radius 3 is 2.75 bits per heavy atom. The molecule has 0 aliphatic carbocycles. The van der Waals surface area contributed by atoms with Crippen LogP contribution in [0.5, 0.6) is 0 Å². The Balaban J connectivity index is 2.58. The summed E-state index contributed by atoms with van der Waals surface area (Å²) in [5, 5.41) is 1.16. The normalized spacial score (nSPS) is 11.2. The number of halogens is 1. The number of nitrogens with one attached hydrogen (secondary N) is 1. The number of hydrogen-bond acceptors (Lipinski definition) is 2. The molecule has 2 rings (SSSR count). The maximum Gasteiger partial charge on any atom is 0.225 e. The summed E-state index contributed by atoms with van der Waals surface area (Å²) < 4.78 is 0. The first-order valence-corrected chi connectivity index (χ1v) is 8.87. The van der Waals surface area contributed by atoms with Crippen LogP contribution >= 0.6 is 11.6 Å². The molecule has 0 atom stereocenters.